The summed E-state index contributed by atoms with van der Waals surface area (Å²) in [5.74, 6) is 0.866. The van der Waals surface area contributed by atoms with Crippen LogP contribution in [0.25, 0.3) is 0 Å². The Balaban J connectivity index is 2.61. The van der Waals surface area contributed by atoms with E-state index in [0.29, 0.717) is 11.1 Å². The molecule has 0 bridgehead atoms. The molecule has 0 amide bonds. The maximum atomic E-state index is 11.1. The van der Waals surface area contributed by atoms with Crippen molar-refractivity contribution in [3.8, 4) is 0 Å². The zero-order valence-electron chi connectivity index (χ0n) is 9.27. The second kappa shape index (κ2) is 5.16. The monoisotopic (exact) mass is 229 g/mol. The predicted octanol–water partition coefficient (Wildman–Crippen LogP) is 1.58. The Morgan fingerprint density at radius 2 is 2.13 bits per heavy atom. The fourth-order valence-corrected chi connectivity index (χ4v) is 1.70. The molecular weight excluding hydrogens is 214 g/mol. The van der Waals surface area contributed by atoms with Gasteiger partial charge in [0.25, 0.3) is 0 Å². The van der Waals surface area contributed by atoms with E-state index in [-0.39, 0.29) is 11.2 Å². The molecule has 15 heavy (non-hydrogen) atoms. The number of aromatic nitrogens is 3. The van der Waals surface area contributed by atoms with Gasteiger partial charge in [-0.3, -0.25) is 9.89 Å². The molecule has 0 saturated carbocycles. The molecule has 5 nitrogen and oxygen atoms in total. The number of nitrogens with one attached hydrogen (secondary N) is 1. The standard InChI is InChI=1S/C9H15N3O2S/c1-5(2)7-10-9(12-11-7)15-6(3)8(13)14-4/h5-6H,1-4H3,(H,10,11,12). The number of methoxy groups -OCH3 is 1. The Kier molecular flexibility index (Phi) is 4.14. The number of carbonyl (C=O) groups is 1. The van der Waals surface area contributed by atoms with Crippen LogP contribution in [0.5, 0.6) is 0 Å². The molecule has 0 fully saturated rings. The van der Waals surface area contributed by atoms with Gasteiger partial charge in [0.05, 0.1) is 7.11 Å². The highest BCUT2D eigenvalue weighted by Crippen LogP contribution is 2.21. The van der Waals surface area contributed by atoms with Crippen molar-refractivity contribution in [2.45, 2.75) is 37.1 Å². The summed E-state index contributed by atoms with van der Waals surface area (Å²) >= 11 is 1.29. The van der Waals surface area contributed by atoms with Gasteiger partial charge in [0, 0.05) is 5.92 Å². The van der Waals surface area contributed by atoms with E-state index < -0.39 is 0 Å². The van der Waals surface area contributed by atoms with Crippen molar-refractivity contribution in [1.82, 2.24) is 15.2 Å². The van der Waals surface area contributed by atoms with Gasteiger partial charge in [0.15, 0.2) is 0 Å². The summed E-state index contributed by atoms with van der Waals surface area (Å²) in [5, 5.41) is 7.14. The van der Waals surface area contributed by atoms with Crippen molar-refractivity contribution in [3.63, 3.8) is 0 Å². The highest BCUT2D eigenvalue weighted by molar-refractivity contribution is 8.00. The molecule has 0 radical (unpaired) electrons. The average Bonchev–Trinajstić information content (AvgIpc) is 2.65. The number of nitrogens with zero attached hydrogens (tertiary/aromatic N) is 2. The molecule has 1 aromatic rings. The minimum atomic E-state index is -0.286. The van der Waals surface area contributed by atoms with E-state index in [4.69, 9.17) is 0 Å². The lowest BCUT2D eigenvalue weighted by molar-refractivity contribution is -0.139. The first kappa shape index (κ1) is 12.0. The number of thioether (sulfide) groups is 1. The van der Waals surface area contributed by atoms with Gasteiger partial charge in [-0.05, 0) is 6.92 Å². The number of carbonyl (C=O) groups excluding carboxylic acids is 1. The van der Waals surface area contributed by atoms with Crippen LogP contribution in [0.15, 0.2) is 5.16 Å². The van der Waals surface area contributed by atoms with E-state index in [1.807, 2.05) is 13.8 Å². The normalized spacial score (nSPS) is 12.9. The number of ether oxygens (including phenoxy) is 1. The Bertz CT molecular complexity index is 338. The third-order valence-electron chi connectivity index (χ3n) is 1.84. The van der Waals surface area contributed by atoms with E-state index in [1.54, 1.807) is 6.92 Å². The van der Waals surface area contributed by atoms with Crippen LogP contribution in [0, 0.1) is 0 Å². The van der Waals surface area contributed by atoms with Gasteiger partial charge in [-0.2, -0.15) is 0 Å². The van der Waals surface area contributed by atoms with Gasteiger partial charge in [0.1, 0.15) is 11.1 Å². The zero-order chi connectivity index (χ0) is 11.4. The van der Waals surface area contributed by atoms with Gasteiger partial charge < -0.3 is 4.74 Å². The summed E-state index contributed by atoms with van der Waals surface area (Å²) in [5.41, 5.74) is 0. The molecule has 1 N–H and O–H groups in total. The summed E-state index contributed by atoms with van der Waals surface area (Å²) in [4.78, 5) is 15.4. The lowest BCUT2D eigenvalue weighted by atomic mass is 10.2. The lowest BCUT2D eigenvalue weighted by Gasteiger charge is -2.04. The second-order valence-corrected chi connectivity index (χ2v) is 4.75. The summed E-state index contributed by atoms with van der Waals surface area (Å²) in [6, 6.07) is 0. The molecule has 0 aromatic carbocycles. The Hall–Kier alpha value is -1.04. The number of hydrogen-bond acceptors (Lipinski definition) is 5. The van der Waals surface area contributed by atoms with Gasteiger partial charge in [-0.25, -0.2) is 4.98 Å². The van der Waals surface area contributed by atoms with Crippen LogP contribution in [-0.2, 0) is 9.53 Å². The molecule has 6 heteroatoms. The Morgan fingerprint density at radius 3 is 2.60 bits per heavy atom. The fraction of sp³-hybridized carbons (Fsp3) is 0.667. The Morgan fingerprint density at radius 1 is 1.47 bits per heavy atom. The third kappa shape index (κ3) is 3.23. The van der Waals surface area contributed by atoms with Gasteiger partial charge >= 0.3 is 5.97 Å². The maximum Gasteiger partial charge on any atom is 0.318 e. The first-order chi connectivity index (χ1) is 7.04. The van der Waals surface area contributed by atoms with Crippen molar-refractivity contribution < 1.29 is 9.53 Å². The quantitative estimate of drug-likeness (QED) is 0.627. The number of aromatic amines is 1. The number of esters is 1. The molecule has 1 heterocycles. The molecule has 0 aliphatic carbocycles. The lowest BCUT2D eigenvalue weighted by Crippen LogP contribution is -2.14. The van der Waals surface area contributed by atoms with E-state index in [0.717, 1.165) is 5.82 Å². The van der Waals surface area contributed by atoms with Crippen LogP contribution in [0.3, 0.4) is 0 Å². The van der Waals surface area contributed by atoms with E-state index in [9.17, 15) is 4.79 Å². The van der Waals surface area contributed by atoms with E-state index >= 15 is 0 Å². The van der Waals surface area contributed by atoms with Crippen molar-refractivity contribution in [2.24, 2.45) is 0 Å². The molecule has 1 atom stereocenters. The molecule has 1 aromatic heterocycles. The smallest absolute Gasteiger partial charge is 0.318 e. The molecule has 0 saturated heterocycles. The van der Waals surface area contributed by atoms with Crippen LogP contribution in [0.2, 0.25) is 0 Å². The summed E-state index contributed by atoms with van der Waals surface area (Å²) in [6.45, 7) is 5.82. The summed E-state index contributed by atoms with van der Waals surface area (Å²) in [6.07, 6.45) is 0. The van der Waals surface area contributed by atoms with Crippen molar-refractivity contribution in [3.05, 3.63) is 5.82 Å². The van der Waals surface area contributed by atoms with Gasteiger partial charge in [-0.15, -0.1) is 5.10 Å². The van der Waals surface area contributed by atoms with Crippen molar-refractivity contribution in [1.29, 1.82) is 0 Å². The first-order valence-electron chi connectivity index (χ1n) is 4.71. The van der Waals surface area contributed by atoms with E-state index in [1.165, 1.54) is 18.9 Å². The fourth-order valence-electron chi connectivity index (χ4n) is 0.941. The van der Waals surface area contributed by atoms with Crippen LogP contribution >= 0.6 is 11.8 Å². The van der Waals surface area contributed by atoms with Crippen LogP contribution in [0.4, 0.5) is 0 Å². The molecule has 1 unspecified atom stereocenters. The van der Waals surface area contributed by atoms with Gasteiger partial charge in [-0.1, -0.05) is 25.6 Å². The molecule has 0 aliphatic heterocycles. The van der Waals surface area contributed by atoms with Crippen molar-refractivity contribution >= 4 is 17.7 Å². The highest BCUT2D eigenvalue weighted by Gasteiger charge is 2.17. The predicted molar refractivity (Wildman–Crippen MR) is 57.8 cm³/mol. The Labute approximate surface area is 93.0 Å². The molecule has 1 rings (SSSR count). The zero-order valence-corrected chi connectivity index (χ0v) is 10.1. The molecule has 0 aliphatic rings. The van der Waals surface area contributed by atoms with Crippen LogP contribution in [0.1, 0.15) is 32.5 Å². The second-order valence-electron chi connectivity index (χ2n) is 3.44. The van der Waals surface area contributed by atoms with E-state index in [2.05, 4.69) is 19.9 Å². The van der Waals surface area contributed by atoms with Crippen LogP contribution in [-0.4, -0.2) is 33.5 Å². The average molecular weight is 229 g/mol. The van der Waals surface area contributed by atoms with Gasteiger partial charge in [0.2, 0.25) is 5.16 Å². The summed E-state index contributed by atoms with van der Waals surface area (Å²) < 4.78 is 4.61. The highest BCUT2D eigenvalue weighted by atomic mass is 32.2. The number of H-pyrrole nitrogens is 1. The minimum absolute atomic E-state index is 0.268. The topological polar surface area (TPSA) is 67.9 Å². The maximum absolute atomic E-state index is 11.1. The molecule has 84 valence electrons. The number of hydrogen-bond donors (Lipinski definition) is 1. The summed E-state index contributed by atoms with van der Waals surface area (Å²) in [7, 11) is 1.37. The SMILES string of the molecule is COC(=O)C(C)Sc1n[nH]c(C(C)C)n1. The molecular formula is C9H15N3O2S. The molecule has 0 spiro atoms. The largest absolute Gasteiger partial charge is 0.468 e. The minimum Gasteiger partial charge on any atom is -0.468 e. The number of rotatable bonds is 4. The van der Waals surface area contributed by atoms with Crippen molar-refractivity contribution in [2.75, 3.05) is 7.11 Å². The van der Waals surface area contributed by atoms with Crippen LogP contribution < -0.4 is 0 Å². The first-order valence-corrected chi connectivity index (χ1v) is 5.59. The third-order valence-corrected chi connectivity index (χ3v) is 2.78.